The normalized spacial score (nSPS) is 12.1. The van der Waals surface area contributed by atoms with Gasteiger partial charge in [-0.1, -0.05) is 17.3 Å². The van der Waals surface area contributed by atoms with Crippen molar-refractivity contribution in [3.05, 3.63) is 46.9 Å². The number of pyridine rings is 1. The highest BCUT2D eigenvalue weighted by atomic mass is 32.1. The molecule has 1 aliphatic rings. The lowest BCUT2D eigenvalue weighted by atomic mass is 10.2. The SMILES string of the molecule is C#CCN(c1ccc2c(c1)OCO2)c1nc(=O)c2cccnc2s1. The number of ether oxygens (including phenoxy) is 2. The van der Waals surface area contributed by atoms with Crippen molar-refractivity contribution in [3.63, 3.8) is 0 Å². The molecule has 0 aliphatic carbocycles. The molecule has 0 N–H and O–H groups in total. The lowest BCUT2D eigenvalue weighted by molar-refractivity contribution is 0.174. The molecule has 0 unspecified atom stereocenters. The predicted octanol–water partition coefficient (Wildman–Crippen LogP) is 2.55. The summed E-state index contributed by atoms with van der Waals surface area (Å²) in [4.78, 5) is 23.1. The van der Waals surface area contributed by atoms with Gasteiger partial charge < -0.3 is 14.4 Å². The number of fused-ring (bicyclic) bond motifs is 2. The predicted molar refractivity (Wildman–Crippen MR) is 92.1 cm³/mol. The van der Waals surface area contributed by atoms with Crippen LogP contribution in [0.5, 0.6) is 11.5 Å². The van der Waals surface area contributed by atoms with Gasteiger partial charge in [-0.3, -0.25) is 4.79 Å². The van der Waals surface area contributed by atoms with E-state index in [0.717, 1.165) is 5.69 Å². The number of benzene rings is 1. The van der Waals surface area contributed by atoms with Gasteiger partial charge in [0, 0.05) is 18.0 Å². The Morgan fingerprint density at radius 1 is 1.29 bits per heavy atom. The summed E-state index contributed by atoms with van der Waals surface area (Å²) in [5, 5.41) is 0.987. The zero-order valence-electron chi connectivity index (χ0n) is 12.4. The summed E-state index contributed by atoms with van der Waals surface area (Å²) < 4.78 is 10.7. The van der Waals surface area contributed by atoms with Gasteiger partial charge in [0.05, 0.1) is 11.9 Å². The summed E-state index contributed by atoms with van der Waals surface area (Å²) in [6.07, 6.45) is 7.15. The van der Waals surface area contributed by atoms with Gasteiger partial charge in [-0.2, -0.15) is 4.98 Å². The summed E-state index contributed by atoms with van der Waals surface area (Å²) in [5.74, 6) is 3.92. The van der Waals surface area contributed by atoms with Gasteiger partial charge in [-0.25, -0.2) is 4.98 Å². The number of hydrogen-bond acceptors (Lipinski definition) is 7. The van der Waals surface area contributed by atoms with E-state index in [1.165, 1.54) is 11.3 Å². The number of rotatable bonds is 3. The molecule has 24 heavy (non-hydrogen) atoms. The summed E-state index contributed by atoms with van der Waals surface area (Å²) in [6, 6.07) is 8.91. The molecule has 0 saturated heterocycles. The molecule has 0 saturated carbocycles. The summed E-state index contributed by atoms with van der Waals surface area (Å²) in [5.41, 5.74) is 0.449. The molecule has 6 nitrogen and oxygen atoms in total. The second kappa shape index (κ2) is 5.83. The van der Waals surface area contributed by atoms with E-state index in [0.29, 0.717) is 26.8 Å². The van der Waals surface area contributed by atoms with Gasteiger partial charge in [0.25, 0.3) is 5.56 Å². The Kier molecular flexibility index (Phi) is 3.52. The molecule has 0 fully saturated rings. The summed E-state index contributed by atoms with van der Waals surface area (Å²) in [6.45, 7) is 0.459. The molecule has 0 radical (unpaired) electrons. The fraction of sp³-hybridized carbons (Fsp3) is 0.118. The third-order valence-electron chi connectivity index (χ3n) is 3.53. The molecule has 0 spiro atoms. The highest BCUT2D eigenvalue weighted by Crippen LogP contribution is 2.38. The molecular formula is C17H11N3O3S. The van der Waals surface area contributed by atoms with Gasteiger partial charge in [-0.05, 0) is 24.3 Å². The van der Waals surface area contributed by atoms with Crippen molar-refractivity contribution in [2.75, 3.05) is 18.2 Å². The molecule has 118 valence electrons. The first-order chi connectivity index (χ1) is 11.8. The van der Waals surface area contributed by atoms with E-state index in [-0.39, 0.29) is 18.9 Å². The molecule has 7 heteroatoms. The molecular weight excluding hydrogens is 326 g/mol. The van der Waals surface area contributed by atoms with Crippen LogP contribution >= 0.6 is 11.3 Å². The maximum absolute atomic E-state index is 12.3. The van der Waals surface area contributed by atoms with Crippen LogP contribution in [0.25, 0.3) is 10.2 Å². The van der Waals surface area contributed by atoms with E-state index in [4.69, 9.17) is 15.9 Å². The Balaban J connectivity index is 1.84. The van der Waals surface area contributed by atoms with Crippen LogP contribution in [0.2, 0.25) is 0 Å². The topological polar surface area (TPSA) is 64.6 Å². The largest absolute Gasteiger partial charge is 0.454 e. The molecule has 1 aliphatic heterocycles. The Bertz CT molecular complexity index is 1030. The third kappa shape index (κ3) is 2.43. The molecule has 0 amide bonds. The van der Waals surface area contributed by atoms with Gasteiger partial charge >= 0.3 is 0 Å². The van der Waals surface area contributed by atoms with Crippen LogP contribution in [-0.2, 0) is 0 Å². The number of terminal acetylenes is 1. The Morgan fingerprint density at radius 3 is 3.04 bits per heavy atom. The van der Waals surface area contributed by atoms with E-state index in [1.807, 2.05) is 18.2 Å². The number of anilines is 2. The summed E-state index contributed by atoms with van der Waals surface area (Å²) in [7, 11) is 0. The maximum atomic E-state index is 12.3. The van der Waals surface area contributed by atoms with Crippen LogP contribution in [0.15, 0.2) is 41.3 Å². The van der Waals surface area contributed by atoms with Crippen LogP contribution < -0.4 is 19.9 Å². The van der Waals surface area contributed by atoms with Crippen molar-refractivity contribution >= 4 is 32.4 Å². The fourth-order valence-corrected chi connectivity index (χ4v) is 3.38. The minimum absolute atomic E-state index is 0.194. The fourth-order valence-electron chi connectivity index (χ4n) is 2.42. The smallest absolute Gasteiger partial charge is 0.282 e. The number of aromatic nitrogens is 2. The minimum Gasteiger partial charge on any atom is -0.454 e. The quantitative estimate of drug-likeness (QED) is 0.685. The molecule has 4 rings (SSSR count). The average molecular weight is 337 g/mol. The summed E-state index contributed by atoms with van der Waals surface area (Å²) >= 11 is 1.31. The first-order valence-electron chi connectivity index (χ1n) is 7.13. The zero-order valence-corrected chi connectivity index (χ0v) is 13.2. The number of hydrogen-bond donors (Lipinski definition) is 0. The van der Waals surface area contributed by atoms with Gasteiger partial charge in [0.1, 0.15) is 4.83 Å². The second-order valence-corrected chi connectivity index (χ2v) is 5.94. The average Bonchev–Trinajstić information content (AvgIpc) is 3.07. The van der Waals surface area contributed by atoms with Crippen LogP contribution in [-0.4, -0.2) is 23.3 Å². The van der Waals surface area contributed by atoms with E-state index in [1.54, 1.807) is 23.2 Å². The minimum atomic E-state index is -0.324. The monoisotopic (exact) mass is 337 g/mol. The van der Waals surface area contributed by atoms with E-state index in [9.17, 15) is 4.79 Å². The van der Waals surface area contributed by atoms with E-state index >= 15 is 0 Å². The lowest BCUT2D eigenvalue weighted by Gasteiger charge is -2.20. The molecule has 0 bridgehead atoms. The van der Waals surface area contributed by atoms with Crippen LogP contribution in [0, 0.1) is 12.3 Å². The highest BCUT2D eigenvalue weighted by Gasteiger charge is 2.19. The van der Waals surface area contributed by atoms with Crippen molar-refractivity contribution < 1.29 is 9.47 Å². The maximum Gasteiger partial charge on any atom is 0.282 e. The third-order valence-corrected chi connectivity index (χ3v) is 4.55. The van der Waals surface area contributed by atoms with Crippen molar-refractivity contribution in [1.29, 1.82) is 0 Å². The zero-order chi connectivity index (χ0) is 16.5. The van der Waals surface area contributed by atoms with Crippen molar-refractivity contribution in [1.82, 2.24) is 9.97 Å². The van der Waals surface area contributed by atoms with Crippen molar-refractivity contribution in [2.45, 2.75) is 0 Å². The van der Waals surface area contributed by atoms with E-state index < -0.39 is 0 Å². The van der Waals surface area contributed by atoms with Crippen LogP contribution in [0.3, 0.4) is 0 Å². The van der Waals surface area contributed by atoms with Gasteiger partial charge in [0.2, 0.25) is 6.79 Å². The Morgan fingerprint density at radius 2 is 2.17 bits per heavy atom. The number of nitrogens with zero attached hydrogens (tertiary/aromatic N) is 3. The second-order valence-electron chi connectivity index (χ2n) is 4.99. The van der Waals surface area contributed by atoms with Crippen molar-refractivity contribution in [3.8, 4) is 23.8 Å². The first kappa shape index (κ1) is 14.5. The Hall–Kier alpha value is -3.11. The highest BCUT2D eigenvalue weighted by molar-refractivity contribution is 7.21. The van der Waals surface area contributed by atoms with Crippen LogP contribution in [0.4, 0.5) is 10.8 Å². The van der Waals surface area contributed by atoms with E-state index in [2.05, 4.69) is 15.9 Å². The van der Waals surface area contributed by atoms with Gasteiger partial charge in [-0.15, -0.1) is 6.42 Å². The molecule has 0 atom stereocenters. The Labute approximate surface area is 141 Å². The van der Waals surface area contributed by atoms with Gasteiger partial charge in [0.15, 0.2) is 16.6 Å². The molecule has 3 aromatic rings. The van der Waals surface area contributed by atoms with Crippen LogP contribution in [0.1, 0.15) is 0 Å². The van der Waals surface area contributed by atoms with Crippen molar-refractivity contribution in [2.24, 2.45) is 0 Å². The standard InChI is InChI=1S/C17H11N3O3S/c1-2-8-20(11-5-6-13-14(9-11)23-10-22-13)17-19-15(21)12-4-3-7-18-16(12)24-17/h1,3-7,9H,8,10H2. The first-order valence-corrected chi connectivity index (χ1v) is 7.94. The molecule has 3 heterocycles. The molecule has 1 aromatic carbocycles. The lowest BCUT2D eigenvalue weighted by Crippen LogP contribution is -2.20. The molecule has 2 aromatic heterocycles.